The molecule has 0 unspecified atom stereocenters. The van der Waals surface area contributed by atoms with Crippen LogP contribution in [-0.4, -0.2) is 48.6 Å². The van der Waals surface area contributed by atoms with E-state index in [-0.39, 0.29) is 24.3 Å². The third-order valence-electron chi connectivity index (χ3n) is 6.15. The monoisotopic (exact) mass is 551 g/mol. The molecule has 1 amide bonds. The SMILES string of the molecule is N=C(N)c1ccc(NC(=O)c2cc(Cl)ccc2NCc2cccc(OC[C@@H]3CCCN3)c2OCC(=O)O)cc1. The third kappa shape index (κ3) is 7.62. The minimum absolute atomic E-state index is 0.0643. The lowest BCUT2D eigenvalue weighted by Gasteiger charge is -2.19. The van der Waals surface area contributed by atoms with Crippen LogP contribution in [0.15, 0.2) is 60.7 Å². The molecule has 1 fully saturated rings. The van der Waals surface area contributed by atoms with E-state index >= 15 is 0 Å². The topological polar surface area (TPSA) is 159 Å². The number of nitrogens with one attached hydrogen (secondary N) is 4. The Hall–Kier alpha value is -4.28. The number of rotatable bonds is 12. The number of anilines is 2. The summed E-state index contributed by atoms with van der Waals surface area (Å²) in [6.45, 7) is 1.09. The van der Waals surface area contributed by atoms with Gasteiger partial charge in [-0.05, 0) is 67.9 Å². The summed E-state index contributed by atoms with van der Waals surface area (Å²) >= 11 is 6.20. The van der Waals surface area contributed by atoms with Crippen molar-refractivity contribution in [3.05, 3.63) is 82.4 Å². The first-order valence-electron chi connectivity index (χ1n) is 12.4. The number of amides is 1. The summed E-state index contributed by atoms with van der Waals surface area (Å²) in [5.41, 5.74) is 8.06. The highest BCUT2D eigenvalue weighted by Crippen LogP contribution is 2.33. The Bertz CT molecular complexity index is 1340. The van der Waals surface area contributed by atoms with Crippen LogP contribution >= 0.6 is 11.6 Å². The van der Waals surface area contributed by atoms with Gasteiger partial charge in [0, 0.05) is 40.1 Å². The summed E-state index contributed by atoms with van der Waals surface area (Å²) < 4.78 is 11.6. The van der Waals surface area contributed by atoms with Gasteiger partial charge in [0.15, 0.2) is 18.1 Å². The third-order valence-corrected chi connectivity index (χ3v) is 6.39. The van der Waals surface area contributed by atoms with Crippen molar-refractivity contribution in [3.8, 4) is 11.5 Å². The fraction of sp³-hybridized carbons (Fsp3) is 0.250. The van der Waals surface area contributed by atoms with Crippen LogP contribution in [0.2, 0.25) is 5.02 Å². The summed E-state index contributed by atoms with van der Waals surface area (Å²) in [6, 6.07) is 17.1. The van der Waals surface area contributed by atoms with Gasteiger partial charge in [0.25, 0.3) is 5.91 Å². The lowest BCUT2D eigenvalue weighted by atomic mass is 10.1. The molecule has 10 nitrogen and oxygen atoms in total. The van der Waals surface area contributed by atoms with Gasteiger partial charge in [0.1, 0.15) is 12.4 Å². The van der Waals surface area contributed by atoms with Crippen molar-refractivity contribution >= 4 is 40.7 Å². The molecular weight excluding hydrogens is 522 g/mol. The van der Waals surface area contributed by atoms with Gasteiger partial charge in [-0.3, -0.25) is 10.2 Å². The van der Waals surface area contributed by atoms with Gasteiger partial charge in [-0.15, -0.1) is 0 Å². The number of aliphatic carboxylic acids is 1. The van der Waals surface area contributed by atoms with Crippen LogP contribution in [0.25, 0.3) is 0 Å². The van der Waals surface area contributed by atoms with E-state index < -0.39 is 12.6 Å². The average Bonchev–Trinajstić information content (AvgIpc) is 3.44. The van der Waals surface area contributed by atoms with Gasteiger partial charge < -0.3 is 36.3 Å². The Morgan fingerprint density at radius 3 is 2.62 bits per heavy atom. The molecule has 1 aliphatic rings. The van der Waals surface area contributed by atoms with E-state index in [0.717, 1.165) is 19.4 Å². The van der Waals surface area contributed by atoms with Gasteiger partial charge in [-0.1, -0.05) is 23.7 Å². The number of carboxylic acid groups (broad SMARTS) is 1. The van der Waals surface area contributed by atoms with Gasteiger partial charge in [0.2, 0.25) is 0 Å². The van der Waals surface area contributed by atoms with Crippen molar-refractivity contribution in [2.75, 3.05) is 30.4 Å². The highest BCUT2D eigenvalue weighted by atomic mass is 35.5. The van der Waals surface area contributed by atoms with E-state index in [0.29, 0.717) is 51.2 Å². The maximum absolute atomic E-state index is 13.1. The number of carbonyl (C=O) groups is 2. The van der Waals surface area contributed by atoms with Gasteiger partial charge in [-0.25, -0.2) is 4.79 Å². The fourth-order valence-electron chi connectivity index (χ4n) is 4.18. The molecule has 0 saturated carbocycles. The van der Waals surface area contributed by atoms with Crippen LogP contribution in [0.4, 0.5) is 11.4 Å². The highest BCUT2D eigenvalue weighted by Gasteiger charge is 2.19. The molecule has 7 N–H and O–H groups in total. The molecule has 3 aromatic carbocycles. The molecule has 1 aliphatic heterocycles. The lowest BCUT2D eigenvalue weighted by Crippen LogP contribution is -2.28. The molecule has 1 atom stereocenters. The zero-order valence-corrected chi connectivity index (χ0v) is 21.9. The molecule has 0 spiro atoms. The molecule has 3 aromatic rings. The summed E-state index contributed by atoms with van der Waals surface area (Å²) in [5, 5.41) is 26.5. The Kier molecular flexibility index (Phi) is 9.24. The maximum atomic E-state index is 13.1. The van der Waals surface area contributed by atoms with Crippen molar-refractivity contribution in [2.45, 2.75) is 25.4 Å². The predicted octanol–water partition coefficient (Wildman–Crippen LogP) is 4.08. The molecule has 204 valence electrons. The molecule has 1 heterocycles. The normalized spacial score (nSPS) is 14.4. The van der Waals surface area contributed by atoms with Gasteiger partial charge >= 0.3 is 5.97 Å². The van der Waals surface area contributed by atoms with E-state index in [9.17, 15) is 14.7 Å². The number of ether oxygens (including phenoxy) is 2. The number of amidine groups is 1. The molecule has 4 rings (SSSR count). The maximum Gasteiger partial charge on any atom is 0.341 e. The van der Waals surface area contributed by atoms with E-state index in [4.69, 9.17) is 32.2 Å². The highest BCUT2D eigenvalue weighted by molar-refractivity contribution is 6.31. The zero-order chi connectivity index (χ0) is 27.8. The van der Waals surface area contributed by atoms with E-state index in [1.165, 1.54) is 0 Å². The number of carbonyl (C=O) groups excluding carboxylic acids is 1. The Morgan fingerprint density at radius 2 is 1.92 bits per heavy atom. The van der Waals surface area contributed by atoms with E-state index in [2.05, 4.69) is 16.0 Å². The lowest BCUT2D eigenvalue weighted by molar-refractivity contribution is -0.139. The minimum Gasteiger partial charge on any atom is -0.488 e. The minimum atomic E-state index is -1.10. The van der Waals surface area contributed by atoms with Crippen LogP contribution < -0.4 is 31.2 Å². The van der Waals surface area contributed by atoms with Gasteiger partial charge in [0.05, 0.1) is 5.56 Å². The predicted molar refractivity (Wildman–Crippen MR) is 150 cm³/mol. The van der Waals surface area contributed by atoms with Crippen LogP contribution in [-0.2, 0) is 11.3 Å². The number of hydrogen-bond acceptors (Lipinski definition) is 7. The number of para-hydroxylation sites is 1. The number of hydrogen-bond donors (Lipinski definition) is 6. The van der Waals surface area contributed by atoms with E-state index in [1.807, 2.05) is 6.07 Å². The number of halogens is 1. The second kappa shape index (κ2) is 13.0. The van der Waals surface area contributed by atoms with Gasteiger partial charge in [-0.2, -0.15) is 0 Å². The second-order valence-corrected chi connectivity index (χ2v) is 9.46. The summed E-state index contributed by atoms with van der Waals surface area (Å²) in [5.74, 6) is -0.776. The van der Waals surface area contributed by atoms with Crippen LogP contribution in [0, 0.1) is 5.41 Å². The van der Waals surface area contributed by atoms with Crippen molar-refractivity contribution in [1.82, 2.24) is 5.32 Å². The zero-order valence-electron chi connectivity index (χ0n) is 21.1. The molecule has 0 aliphatic carbocycles. The number of benzene rings is 3. The number of carboxylic acids is 1. The van der Waals surface area contributed by atoms with Crippen molar-refractivity contribution in [1.29, 1.82) is 5.41 Å². The summed E-state index contributed by atoms with van der Waals surface area (Å²) in [6.07, 6.45) is 2.09. The molecule has 1 saturated heterocycles. The van der Waals surface area contributed by atoms with Crippen LogP contribution in [0.5, 0.6) is 11.5 Å². The first-order valence-corrected chi connectivity index (χ1v) is 12.8. The quantitative estimate of drug-likeness (QED) is 0.145. The standard InChI is InChI=1S/C28H30ClN5O5/c29-19-8-11-23(22(13-19)28(37)34-20-9-6-17(7-10-20)27(30)31)33-14-18-3-1-5-24(26(18)39-16-25(35)36)38-15-21-4-2-12-32-21/h1,3,5-11,13,21,32-33H,2,4,12,14-16H2,(H3,30,31)(H,34,37)(H,35,36)/t21-/m0/s1. The van der Waals surface area contributed by atoms with Crippen LogP contribution in [0.3, 0.4) is 0 Å². The summed E-state index contributed by atoms with van der Waals surface area (Å²) in [4.78, 5) is 24.4. The van der Waals surface area contributed by atoms with E-state index in [1.54, 1.807) is 54.6 Å². The average molecular weight is 552 g/mol. The Morgan fingerprint density at radius 1 is 1.13 bits per heavy atom. The smallest absolute Gasteiger partial charge is 0.341 e. The molecule has 0 radical (unpaired) electrons. The molecule has 0 aromatic heterocycles. The number of nitrogens with two attached hydrogens (primary N) is 1. The van der Waals surface area contributed by atoms with Crippen molar-refractivity contribution < 1.29 is 24.2 Å². The molecule has 39 heavy (non-hydrogen) atoms. The number of nitrogen functional groups attached to an aromatic ring is 1. The second-order valence-electron chi connectivity index (χ2n) is 9.02. The van der Waals surface area contributed by atoms with Crippen LogP contribution in [0.1, 0.15) is 34.3 Å². The first-order chi connectivity index (χ1) is 18.8. The fourth-order valence-corrected chi connectivity index (χ4v) is 4.35. The molecule has 0 bridgehead atoms. The van der Waals surface area contributed by atoms with Crippen molar-refractivity contribution in [3.63, 3.8) is 0 Å². The largest absolute Gasteiger partial charge is 0.488 e. The Labute approximate surface area is 231 Å². The van der Waals surface area contributed by atoms with Crippen molar-refractivity contribution in [2.24, 2.45) is 5.73 Å². The molecule has 11 heteroatoms. The molecular formula is C28H30ClN5O5. The first kappa shape index (κ1) is 27.7. The summed E-state index contributed by atoms with van der Waals surface area (Å²) in [7, 11) is 0. The Balaban J connectivity index is 1.51.